The van der Waals surface area contributed by atoms with E-state index in [1.165, 1.54) is 0 Å². The SMILES string of the molecule is Cc1ccccc1-c1noc(CNC(=O)c2ccc(Cl)cc2)n1. The van der Waals surface area contributed by atoms with Gasteiger partial charge in [-0.25, -0.2) is 0 Å². The minimum Gasteiger partial charge on any atom is -0.343 e. The van der Waals surface area contributed by atoms with E-state index in [0.717, 1.165) is 11.1 Å². The summed E-state index contributed by atoms with van der Waals surface area (Å²) in [5.41, 5.74) is 2.49. The number of carbonyl (C=O) groups is 1. The molecule has 2 aromatic carbocycles. The van der Waals surface area contributed by atoms with Gasteiger partial charge in [-0.1, -0.05) is 41.0 Å². The van der Waals surface area contributed by atoms with Crippen molar-refractivity contribution in [2.75, 3.05) is 0 Å². The predicted octanol–water partition coefficient (Wildman–Crippen LogP) is 3.63. The van der Waals surface area contributed by atoms with Crippen LogP contribution in [0.25, 0.3) is 11.4 Å². The fraction of sp³-hybridized carbons (Fsp3) is 0.118. The number of hydrogen-bond acceptors (Lipinski definition) is 4. The van der Waals surface area contributed by atoms with Crippen LogP contribution in [-0.4, -0.2) is 16.0 Å². The molecule has 1 N–H and O–H groups in total. The summed E-state index contributed by atoms with van der Waals surface area (Å²) >= 11 is 5.80. The molecule has 0 aliphatic heterocycles. The predicted molar refractivity (Wildman–Crippen MR) is 87.1 cm³/mol. The fourth-order valence-electron chi connectivity index (χ4n) is 2.12. The lowest BCUT2D eigenvalue weighted by molar-refractivity contribution is 0.0946. The number of rotatable bonds is 4. The van der Waals surface area contributed by atoms with Gasteiger partial charge in [0.25, 0.3) is 5.91 Å². The second kappa shape index (κ2) is 6.62. The molecule has 1 aromatic heterocycles. The van der Waals surface area contributed by atoms with Gasteiger partial charge in [0.2, 0.25) is 11.7 Å². The normalized spacial score (nSPS) is 10.5. The zero-order valence-electron chi connectivity index (χ0n) is 12.4. The lowest BCUT2D eigenvalue weighted by Crippen LogP contribution is -2.22. The molecule has 0 radical (unpaired) electrons. The first-order chi connectivity index (χ1) is 11.1. The summed E-state index contributed by atoms with van der Waals surface area (Å²) in [6.07, 6.45) is 0. The van der Waals surface area contributed by atoms with Crippen LogP contribution in [0.1, 0.15) is 21.8 Å². The minimum atomic E-state index is -0.225. The Morgan fingerprint density at radius 2 is 1.91 bits per heavy atom. The van der Waals surface area contributed by atoms with E-state index >= 15 is 0 Å². The van der Waals surface area contributed by atoms with Crippen LogP contribution in [0.2, 0.25) is 5.02 Å². The van der Waals surface area contributed by atoms with E-state index in [1.54, 1.807) is 24.3 Å². The van der Waals surface area contributed by atoms with E-state index in [9.17, 15) is 4.79 Å². The molecule has 0 unspecified atom stereocenters. The molecule has 0 saturated heterocycles. The molecule has 116 valence electrons. The maximum absolute atomic E-state index is 12.0. The summed E-state index contributed by atoms with van der Waals surface area (Å²) in [7, 11) is 0. The van der Waals surface area contributed by atoms with Gasteiger partial charge in [0.15, 0.2) is 0 Å². The summed E-state index contributed by atoms with van der Waals surface area (Å²) < 4.78 is 5.18. The summed E-state index contributed by atoms with van der Waals surface area (Å²) in [5.74, 6) is 0.640. The van der Waals surface area contributed by atoms with Crippen molar-refractivity contribution in [1.29, 1.82) is 0 Å². The van der Waals surface area contributed by atoms with Crippen molar-refractivity contribution in [3.63, 3.8) is 0 Å². The molecule has 1 heterocycles. The molecule has 3 rings (SSSR count). The van der Waals surface area contributed by atoms with Crippen LogP contribution in [0.15, 0.2) is 53.1 Å². The summed E-state index contributed by atoms with van der Waals surface area (Å²) in [6, 6.07) is 14.4. The van der Waals surface area contributed by atoms with Crippen molar-refractivity contribution in [3.8, 4) is 11.4 Å². The third-order valence-corrected chi connectivity index (χ3v) is 3.61. The Morgan fingerprint density at radius 1 is 1.17 bits per heavy atom. The summed E-state index contributed by atoms with van der Waals surface area (Å²) in [4.78, 5) is 16.3. The molecule has 0 aliphatic rings. The van der Waals surface area contributed by atoms with Crippen LogP contribution in [0, 0.1) is 6.92 Å². The van der Waals surface area contributed by atoms with Crippen molar-refractivity contribution >= 4 is 17.5 Å². The highest BCUT2D eigenvalue weighted by molar-refractivity contribution is 6.30. The molecule has 0 saturated carbocycles. The van der Waals surface area contributed by atoms with Crippen molar-refractivity contribution < 1.29 is 9.32 Å². The number of nitrogens with one attached hydrogen (secondary N) is 1. The highest BCUT2D eigenvalue weighted by Crippen LogP contribution is 2.19. The Bertz CT molecular complexity index is 828. The standard InChI is InChI=1S/C17H14ClN3O2/c1-11-4-2-3-5-14(11)16-20-15(23-21-16)10-19-17(22)12-6-8-13(18)9-7-12/h2-9H,10H2,1H3,(H,19,22). The van der Waals surface area contributed by atoms with Crippen molar-refractivity contribution in [2.45, 2.75) is 13.5 Å². The molecule has 1 amide bonds. The largest absolute Gasteiger partial charge is 0.343 e. The molecule has 0 spiro atoms. The van der Waals surface area contributed by atoms with E-state index in [1.807, 2.05) is 31.2 Å². The molecule has 3 aromatic rings. The van der Waals surface area contributed by atoms with E-state index in [-0.39, 0.29) is 12.5 Å². The van der Waals surface area contributed by atoms with Crippen LogP contribution >= 0.6 is 11.6 Å². The first-order valence-electron chi connectivity index (χ1n) is 7.06. The lowest BCUT2D eigenvalue weighted by atomic mass is 10.1. The van der Waals surface area contributed by atoms with Gasteiger partial charge in [-0.15, -0.1) is 0 Å². The maximum atomic E-state index is 12.0. The molecule has 0 aliphatic carbocycles. The third kappa shape index (κ3) is 3.57. The number of carbonyl (C=O) groups excluding carboxylic acids is 1. The quantitative estimate of drug-likeness (QED) is 0.794. The molecule has 0 fully saturated rings. The first kappa shape index (κ1) is 15.2. The molecule has 0 atom stereocenters. The van der Waals surface area contributed by atoms with Gasteiger partial charge in [-0.05, 0) is 36.8 Å². The number of nitrogens with zero attached hydrogens (tertiary/aromatic N) is 2. The van der Waals surface area contributed by atoms with Gasteiger partial charge in [0.05, 0.1) is 6.54 Å². The van der Waals surface area contributed by atoms with Crippen molar-refractivity contribution in [2.24, 2.45) is 0 Å². The van der Waals surface area contributed by atoms with Crippen LogP contribution < -0.4 is 5.32 Å². The maximum Gasteiger partial charge on any atom is 0.251 e. The number of benzene rings is 2. The van der Waals surface area contributed by atoms with Gasteiger partial charge in [0, 0.05) is 16.1 Å². The monoisotopic (exact) mass is 327 g/mol. The van der Waals surface area contributed by atoms with Gasteiger partial charge in [-0.2, -0.15) is 4.98 Å². The average molecular weight is 328 g/mol. The molecular weight excluding hydrogens is 314 g/mol. The Kier molecular flexibility index (Phi) is 4.39. The Labute approximate surface area is 138 Å². The van der Waals surface area contributed by atoms with Gasteiger partial charge < -0.3 is 9.84 Å². The zero-order valence-corrected chi connectivity index (χ0v) is 13.2. The second-order valence-electron chi connectivity index (χ2n) is 5.02. The number of halogens is 1. The Balaban J connectivity index is 1.67. The average Bonchev–Trinajstić information content (AvgIpc) is 3.02. The van der Waals surface area contributed by atoms with Crippen molar-refractivity contribution in [3.05, 3.63) is 70.6 Å². The van der Waals surface area contributed by atoms with Crippen LogP contribution in [-0.2, 0) is 6.54 Å². The highest BCUT2D eigenvalue weighted by atomic mass is 35.5. The van der Waals surface area contributed by atoms with Crippen LogP contribution in [0.3, 0.4) is 0 Å². The number of aromatic nitrogens is 2. The third-order valence-electron chi connectivity index (χ3n) is 3.36. The second-order valence-corrected chi connectivity index (χ2v) is 5.45. The Morgan fingerprint density at radius 3 is 2.65 bits per heavy atom. The van der Waals surface area contributed by atoms with Crippen LogP contribution in [0.4, 0.5) is 0 Å². The van der Waals surface area contributed by atoms with E-state index in [4.69, 9.17) is 16.1 Å². The summed E-state index contributed by atoms with van der Waals surface area (Å²) in [5, 5.41) is 7.28. The van der Waals surface area contributed by atoms with Crippen LogP contribution in [0.5, 0.6) is 0 Å². The smallest absolute Gasteiger partial charge is 0.251 e. The molecular formula is C17H14ClN3O2. The Hall–Kier alpha value is -2.66. The summed E-state index contributed by atoms with van der Waals surface area (Å²) in [6.45, 7) is 2.15. The highest BCUT2D eigenvalue weighted by Gasteiger charge is 2.12. The fourth-order valence-corrected chi connectivity index (χ4v) is 2.25. The van der Waals surface area contributed by atoms with Gasteiger partial charge in [0.1, 0.15) is 0 Å². The van der Waals surface area contributed by atoms with E-state index in [0.29, 0.717) is 22.3 Å². The lowest BCUT2D eigenvalue weighted by Gasteiger charge is -2.02. The number of aryl methyl sites for hydroxylation is 1. The zero-order chi connectivity index (χ0) is 16.2. The van der Waals surface area contributed by atoms with Gasteiger partial charge in [-0.3, -0.25) is 4.79 Å². The minimum absolute atomic E-state index is 0.167. The molecule has 5 nitrogen and oxygen atoms in total. The molecule has 0 bridgehead atoms. The number of amides is 1. The van der Waals surface area contributed by atoms with Crippen molar-refractivity contribution in [1.82, 2.24) is 15.5 Å². The topological polar surface area (TPSA) is 68.0 Å². The molecule has 6 heteroatoms. The first-order valence-corrected chi connectivity index (χ1v) is 7.43. The van der Waals surface area contributed by atoms with E-state index in [2.05, 4.69) is 15.5 Å². The van der Waals surface area contributed by atoms with Gasteiger partial charge >= 0.3 is 0 Å². The molecule has 23 heavy (non-hydrogen) atoms. The number of hydrogen-bond donors (Lipinski definition) is 1. The van der Waals surface area contributed by atoms with E-state index < -0.39 is 0 Å².